The van der Waals surface area contributed by atoms with Gasteiger partial charge < -0.3 is 15.4 Å². The number of amides is 1. The van der Waals surface area contributed by atoms with Crippen LogP contribution in [-0.4, -0.2) is 37.7 Å². The third-order valence-electron chi connectivity index (χ3n) is 2.44. The number of hydrogen-bond donors (Lipinski definition) is 2. The molecule has 18 heavy (non-hydrogen) atoms. The summed E-state index contributed by atoms with van der Waals surface area (Å²) >= 11 is 0. The molecule has 1 heterocycles. The number of carbonyl (C=O) groups is 1. The standard InChI is InChI=1S/C13H21N3O2/c1-4-14-12-7-11(5-6-15-12)13(17)16-8-10(2)9-18-3/h5-7,10H,4,8-9H2,1-3H3,(H,14,15)(H,16,17). The van der Waals surface area contributed by atoms with Crippen molar-refractivity contribution in [3.63, 3.8) is 0 Å². The normalized spacial score (nSPS) is 11.9. The van der Waals surface area contributed by atoms with Gasteiger partial charge in [0.1, 0.15) is 5.82 Å². The minimum atomic E-state index is -0.0838. The largest absolute Gasteiger partial charge is 0.384 e. The Bertz CT molecular complexity index is 382. The van der Waals surface area contributed by atoms with Crippen LogP contribution in [-0.2, 0) is 4.74 Å². The van der Waals surface area contributed by atoms with Gasteiger partial charge in [0.25, 0.3) is 5.91 Å². The summed E-state index contributed by atoms with van der Waals surface area (Å²) in [4.78, 5) is 16.0. The van der Waals surface area contributed by atoms with Crippen LogP contribution in [0.25, 0.3) is 0 Å². The first-order valence-corrected chi connectivity index (χ1v) is 6.14. The third-order valence-corrected chi connectivity index (χ3v) is 2.44. The van der Waals surface area contributed by atoms with Gasteiger partial charge in [0.15, 0.2) is 0 Å². The highest BCUT2D eigenvalue weighted by molar-refractivity contribution is 5.94. The van der Waals surface area contributed by atoms with Crippen LogP contribution in [0.1, 0.15) is 24.2 Å². The number of ether oxygens (including phenoxy) is 1. The summed E-state index contributed by atoms with van der Waals surface area (Å²) < 4.78 is 5.02. The Morgan fingerprint density at radius 3 is 3.00 bits per heavy atom. The Morgan fingerprint density at radius 2 is 2.33 bits per heavy atom. The lowest BCUT2D eigenvalue weighted by molar-refractivity contribution is 0.0934. The molecule has 1 rings (SSSR count). The Hall–Kier alpha value is -1.62. The van der Waals surface area contributed by atoms with E-state index in [0.717, 1.165) is 12.4 Å². The van der Waals surface area contributed by atoms with Crippen LogP contribution in [0, 0.1) is 5.92 Å². The van der Waals surface area contributed by atoms with Crippen LogP contribution in [0.15, 0.2) is 18.3 Å². The van der Waals surface area contributed by atoms with Gasteiger partial charge in [-0.3, -0.25) is 4.79 Å². The molecule has 0 aliphatic heterocycles. The quantitative estimate of drug-likeness (QED) is 0.771. The molecule has 0 aliphatic carbocycles. The summed E-state index contributed by atoms with van der Waals surface area (Å²) in [7, 11) is 1.66. The molecule has 100 valence electrons. The van der Waals surface area contributed by atoms with Gasteiger partial charge >= 0.3 is 0 Å². The summed E-state index contributed by atoms with van der Waals surface area (Å²) in [5.41, 5.74) is 0.616. The minimum absolute atomic E-state index is 0.0838. The lowest BCUT2D eigenvalue weighted by Crippen LogP contribution is -2.29. The van der Waals surface area contributed by atoms with Crippen molar-refractivity contribution in [3.8, 4) is 0 Å². The highest BCUT2D eigenvalue weighted by atomic mass is 16.5. The Labute approximate surface area is 108 Å². The van der Waals surface area contributed by atoms with Gasteiger partial charge in [-0.15, -0.1) is 0 Å². The molecule has 0 radical (unpaired) electrons. The molecule has 0 saturated heterocycles. The van der Waals surface area contributed by atoms with Crippen LogP contribution in [0.2, 0.25) is 0 Å². The van der Waals surface area contributed by atoms with E-state index in [9.17, 15) is 4.79 Å². The van der Waals surface area contributed by atoms with E-state index in [1.807, 2.05) is 13.8 Å². The van der Waals surface area contributed by atoms with E-state index >= 15 is 0 Å². The van der Waals surface area contributed by atoms with Crippen molar-refractivity contribution in [1.29, 1.82) is 0 Å². The number of carbonyl (C=O) groups excluding carboxylic acids is 1. The molecule has 1 atom stereocenters. The minimum Gasteiger partial charge on any atom is -0.384 e. The Kier molecular flexibility index (Phi) is 6.14. The number of hydrogen-bond acceptors (Lipinski definition) is 4. The van der Waals surface area contributed by atoms with Crippen molar-refractivity contribution < 1.29 is 9.53 Å². The van der Waals surface area contributed by atoms with Crippen molar-refractivity contribution in [2.24, 2.45) is 5.92 Å². The average molecular weight is 251 g/mol. The number of nitrogens with zero attached hydrogens (tertiary/aromatic N) is 1. The monoisotopic (exact) mass is 251 g/mol. The average Bonchev–Trinajstić information content (AvgIpc) is 2.37. The molecule has 2 N–H and O–H groups in total. The van der Waals surface area contributed by atoms with Gasteiger partial charge in [-0.1, -0.05) is 6.92 Å². The van der Waals surface area contributed by atoms with Gasteiger partial charge in [0.2, 0.25) is 0 Å². The van der Waals surface area contributed by atoms with Crippen LogP contribution in [0.5, 0.6) is 0 Å². The fourth-order valence-corrected chi connectivity index (χ4v) is 1.56. The number of anilines is 1. The summed E-state index contributed by atoms with van der Waals surface area (Å²) in [6.07, 6.45) is 1.63. The molecule has 1 unspecified atom stereocenters. The van der Waals surface area contributed by atoms with Crippen molar-refractivity contribution in [2.75, 3.05) is 32.1 Å². The van der Waals surface area contributed by atoms with Crippen molar-refractivity contribution in [3.05, 3.63) is 23.9 Å². The number of pyridine rings is 1. The van der Waals surface area contributed by atoms with Gasteiger partial charge in [-0.25, -0.2) is 4.98 Å². The summed E-state index contributed by atoms with van der Waals surface area (Å²) in [6.45, 7) is 6.04. The van der Waals surface area contributed by atoms with E-state index < -0.39 is 0 Å². The fraction of sp³-hybridized carbons (Fsp3) is 0.538. The molecule has 1 amide bonds. The molecule has 5 nitrogen and oxygen atoms in total. The molecule has 0 bridgehead atoms. The zero-order valence-corrected chi connectivity index (χ0v) is 11.2. The first-order chi connectivity index (χ1) is 8.67. The maximum Gasteiger partial charge on any atom is 0.251 e. The van der Waals surface area contributed by atoms with Crippen LogP contribution >= 0.6 is 0 Å². The highest BCUT2D eigenvalue weighted by Gasteiger charge is 2.08. The number of nitrogens with one attached hydrogen (secondary N) is 2. The second kappa shape index (κ2) is 7.66. The Morgan fingerprint density at radius 1 is 1.56 bits per heavy atom. The lowest BCUT2D eigenvalue weighted by Gasteiger charge is -2.11. The van der Waals surface area contributed by atoms with Gasteiger partial charge in [-0.05, 0) is 25.0 Å². The molecule has 0 aliphatic rings. The fourth-order valence-electron chi connectivity index (χ4n) is 1.56. The van der Waals surface area contributed by atoms with E-state index in [2.05, 4.69) is 15.6 Å². The maximum absolute atomic E-state index is 11.9. The number of rotatable bonds is 7. The van der Waals surface area contributed by atoms with E-state index in [4.69, 9.17) is 4.74 Å². The highest BCUT2D eigenvalue weighted by Crippen LogP contribution is 2.06. The van der Waals surface area contributed by atoms with Crippen LogP contribution in [0.3, 0.4) is 0 Å². The van der Waals surface area contributed by atoms with E-state index in [1.165, 1.54) is 0 Å². The molecule has 1 aromatic rings. The van der Waals surface area contributed by atoms with Gasteiger partial charge in [0, 0.05) is 32.0 Å². The second-order valence-corrected chi connectivity index (χ2v) is 4.23. The summed E-state index contributed by atoms with van der Waals surface area (Å²) in [5.74, 6) is 0.934. The predicted octanol–water partition coefficient (Wildman–Crippen LogP) is 1.53. The van der Waals surface area contributed by atoms with Crippen LogP contribution < -0.4 is 10.6 Å². The smallest absolute Gasteiger partial charge is 0.251 e. The molecule has 5 heteroatoms. The van der Waals surface area contributed by atoms with E-state index in [0.29, 0.717) is 24.6 Å². The third kappa shape index (κ3) is 4.71. The van der Waals surface area contributed by atoms with E-state index in [-0.39, 0.29) is 5.91 Å². The zero-order chi connectivity index (χ0) is 13.4. The molecule has 0 spiro atoms. The number of methoxy groups -OCH3 is 1. The second-order valence-electron chi connectivity index (χ2n) is 4.23. The molecular weight excluding hydrogens is 230 g/mol. The van der Waals surface area contributed by atoms with Gasteiger partial charge in [-0.2, -0.15) is 0 Å². The van der Waals surface area contributed by atoms with Crippen molar-refractivity contribution in [2.45, 2.75) is 13.8 Å². The molecule has 0 aromatic carbocycles. The van der Waals surface area contributed by atoms with Crippen LogP contribution in [0.4, 0.5) is 5.82 Å². The van der Waals surface area contributed by atoms with Gasteiger partial charge in [0.05, 0.1) is 6.61 Å². The van der Waals surface area contributed by atoms with Crippen molar-refractivity contribution >= 4 is 11.7 Å². The topological polar surface area (TPSA) is 63.2 Å². The first-order valence-electron chi connectivity index (χ1n) is 6.14. The zero-order valence-electron chi connectivity index (χ0n) is 11.2. The molecule has 0 saturated carbocycles. The Balaban J connectivity index is 2.53. The molecular formula is C13H21N3O2. The molecule has 1 aromatic heterocycles. The lowest BCUT2D eigenvalue weighted by atomic mass is 10.2. The summed E-state index contributed by atoms with van der Waals surface area (Å²) in [5, 5.41) is 5.96. The van der Waals surface area contributed by atoms with Crippen molar-refractivity contribution in [1.82, 2.24) is 10.3 Å². The van der Waals surface area contributed by atoms with E-state index in [1.54, 1.807) is 25.4 Å². The SMILES string of the molecule is CCNc1cc(C(=O)NCC(C)COC)ccn1. The first kappa shape index (κ1) is 14.4. The summed E-state index contributed by atoms with van der Waals surface area (Å²) in [6, 6.07) is 3.46. The molecule has 0 fully saturated rings. The number of aromatic nitrogens is 1. The maximum atomic E-state index is 11.9. The predicted molar refractivity (Wildman–Crippen MR) is 71.8 cm³/mol.